The molecule has 0 aliphatic heterocycles. The summed E-state index contributed by atoms with van der Waals surface area (Å²) >= 11 is 0. The molecule has 0 aromatic heterocycles. The van der Waals surface area contributed by atoms with Gasteiger partial charge >= 0.3 is 6.09 Å². The lowest BCUT2D eigenvalue weighted by Gasteiger charge is -2.24. The Bertz CT molecular complexity index is 313. The largest absolute Gasteiger partial charge is 0.465 e. The van der Waals surface area contributed by atoms with E-state index in [0.29, 0.717) is 6.54 Å². The quantitative estimate of drug-likeness (QED) is 0.790. The molecule has 1 aromatic rings. The number of hydrogen-bond donors (Lipinski definition) is 2. The summed E-state index contributed by atoms with van der Waals surface area (Å²) in [7, 11) is 0. The van der Waals surface area contributed by atoms with Gasteiger partial charge in [0.15, 0.2) is 0 Å². The van der Waals surface area contributed by atoms with Gasteiger partial charge in [-0.2, -0.15) is 0 Å². The van der Waals surface area contributed by atoms with E-state index in [0.717, 1.165) is 5.56 Å². The van der Waals surface area contributed by atoms with Gasteiger partial charge in [-0.1, -0.05) is 30.3 Å². The predicted octanol–water partition coefficient (Wildman–Crippen LogP) is 1.55. The number of rotatable bonds is 4. The summed E-state index contributed by atoms with van der Waals surface area (Å²) in [4.78, 5) is 12.1. The molecule has 15 heavy (non-hydrogen) atoms. The van der Waals surface area contributed by atoms with Gasteiger partial charge in [-0.05, 0) is 12.5 Å². The minimum absolute atomic E-state index is 0.168. The van der Waals surface area contributed by atoms with Crippen molar-refractivity contribution in [3.8, 4) is 0 Å². The highest BCUT2D eigenvalue weighted by Gasteiger charge is 2.18. The third-order valence-electron chi connectivity index (χ3n) is 2.24. The zero-order valence-electron chi connectivity index (χ0n) is 8.63. The number of carbonyl (C=O) groups is 1. The van der Waals surface area contributed by atoms with Crippen LogP contribution in [-0.2, 0) is 6.54 Å². The van der Waals surface area contributed by atoms with E-state index in [9.17, 15) is 4.79 Å². The molecule has 1 amide bonds. The molecule has 0 saturated carbocycles. The number of amides is 1. The molecule has 82 valence electrons. The molecule has 0 aliphatic carbocycles. The van der Waals surface area contributed by atoms with Crippen LogP contribution in [0.25, 0.3) is 0 Å². The summed E-state index contributed by atoms with van der Waals surface area (Å²) in [6.45, 7) is 1.81. The number of nitrogens with zero attached hydrogens (tertiary/aromatic N) is 1. The van der Waals surface area contributed by atoms with Crippen LogP contribution < -0.4 is 0 Å². The van der Waals surface area contributed by atoms with Crippen LogP contribution in [0, 0.1) is 0 Å². The maximum Gasteiger partial charge on any atom is 0.407 e. The van der Waals surface area contributed by atoms with E-state index in [1.165, 1.54) is 4.90 Å². The summed E-state index contributed by atoms with van der Waals surface area (Å²) < 4.78 is 0. The fourth-order valence-corrected chi connectivity index (χ4v) is 1.29. The van der Waals surface area contributed by atoms with Gasteiger partial charge in [0.25, 0.3) is 0 Å². The Labute approximate surface area is 88.8 Å². The zero-order chi connectivity index (χ0) is 11.3. The molecule has 1 atom stereocenters. The average molecular weight is 209 g/mol. The maximum absolute atomic E-state index is 10.9. The Morgan fingerprint density at radius 1 is 1.40 bits per heavy atom. The lowest BCUT2D eigenvalue weighted by Crippen LogP contribution is -2.39. The third-order valence-corrected chi connectivity index (χ3v) is 2.24. The van der Waals surface area contributed by atoms with Crippen LogP contribution in [0.15, 0.2) is 30.3 Å². The van der Waals surface area contributed by atoms with Gasteiger partial charge in [0.05, 0.1) is 12.6 Å². The Morgan fingerprint density at radius 3 is 2.47 bits per heavy atom. The van der Waals surface area contributed by atoms with E-state index in [2.05, 4.69) is 0 Å². The molecule has 0 bridgehead atoms. The highest BCUT2D eigenvalue weighted by Crippen LogP contribution is 2.08. The SMILES string of the molecule is C[C@@H](CO)N(Cc1ccccc1)C(=O)O. The van der Waals surface area contributed by atoms with Crippen molar-refractivity contribution in [2.45, 2.75) is 19.5 Å². The lowest BCUT2D eigenvalue weighted by molar-refractivity contribution is 0.0999. The number of aliphatic hydroxyl groups excluding tert-OH is 1. The van der Waals surface area contributed by atoms with Crippen molar-refractivity contribution >= 4 is 6.09 Å². The van der Waals surface area contributed by atoms with Crippen LogP contribution in [0.2, 0.25) is 0 Å². The van der Waals surface area contributed by atoms with E-state index >= 15 is 0 Å². The first-order valence-corrected chi connectivity index (χ1v) is 4.79. The van der Waals surface area contributed by atoms with Crippen LogP contribution in [0.4, 0.5) is 4.79 Å². The monoisotopic (exact) mass is 209 g/mol. The molecule has 0 spiro atoms. The Hall–Kier alpha value is -1.55. The first kappa shape index (κ1) is 11.5. The highest BCUT2D eigenvalue weighted by molar-refractivity contribution is 5.65. The molecule has 4 nitrogen and oxygen atoms in total. The Kier molecular flexibility index (Phi) is 4.12. The fourth-order valence-electron chi connectivity index (χ4n) is 1.29. The minimum Gasteiger partial charge on any atom is -0.465 e. The smallest absolute Gasteiger partial charge is 0.407 e. The molecule has 0 unspecified atom stereocenters. The van der Waals surface area contributed by atoms with E-state index < -0.39 is 6.09 Å². The lowest BCUT2D eigenvalue weighted by atomic mass is 10.2. The van der Waals surface area contributed by atoms with Gasteiger partial charge in [0.1, 0.15) is 0 Å². The number of hydrogen-bond acceptors (Lipinski definition) is 2. The van der Waals surface area contributed by atoms with Crippen LogP contribution in [0.3, 0.4) is 0 Å². The van der Waals surface area contributed by atoms with E-state index in [1.54, 1.807) is 6.92 Å². The molecule has 0 fully saturated rings. The molecular weight excluding hydrogens is 194 g/mol. The number of aliphatic hydroxyl groups is 1. The molecule has 0 aliphatic rings. The van der Waals surface area contributed by atoms with E-state index in [1.807, 2.05) is 30.3 Å². The van der Waals surface area contributed by atoms with Gasteiger partial charge in [-0.3, -0.25) is 4.90 Å². The van der Waals surface area contributed by atoms with E-state index in [4.69, 9.17) is 10.2 Å². The number of carboxylic acid groups (broad SMARTS) is 1. The van der Waals surface area contributed by atoms with Crippen molar-refractivity contribution in [2.24, 2.45) is 0 Å². The van der Waals surface area contributed by atoms with Gasteiger partial charge in [-0.25, -0.2) is 4.79 Å². The molecule has 1 rings (SSSR count). The summed E-state index contributed by atoms with van der Waals surface area (Å²) in [5, 5.41) is 17.9. The summed E-state index contributed by atoms with van der Waals surface area (Å²) in [5.41, 5.74) is 0.917. The first-order chi connectivity index (χ1) is 7.15. The van der Waals surface area contributed by atoms with Crippen LogP contribution in [0.5, 0.6) is 0 Å². The van der Waals surface area contributed by atoms with Gasteiger partial charge in [0.2, 0.25) is 0 Å². The van der Waals surface area contributed by atoms with Crippen LogP contribution in [0.1, 0.15) is 12.5 Å². The Balaban J connectivity index is 2.71. The van der Waals surface area contributed by atoms with Crippen LogP contribution >= 0.6 is 0 Å². The first-order valence-electron chi connectivity index (χ1n) is 4.79. The summed E-state index contributed by atoms with van der Waals surface area (Å²) in [6, 6.07) is 8.94. The second-order valence-electron chi connectivity index (χ2n) is 3.43. The average Bonchev–Trinajstić information content (AvgIpc) is 2.26. The molecule has 0 saturated heterocycles. The number of benzene rings is 1. The predicted molar refractivity (Wildman–Crippen MR) is 56.6 cm³/mol. The van der Waals surface area contributed by atoms with Crippen molar-refractivity contribution < 1.29 is 15.0 Å². The molecule has 4 heteroatoms. The van der Waals surface area contributed by atoms with Crippen molar-refractivity contribution in [1.82, 2.24) is 4.90 Å². The second-order valence-corrected chi connectivity index (χ2v) is 3.43. The molecule has 1 aromatic carbocycles. The van der Waals surface area contributed by atoms with Crippen molar-refractivity contribution in [2.75, 3.05) is 6.61 Å². The maximum atomic E-state index is 10.9. The van der Waals surface area contributed by atoms with Crippen LogP contribution in [-0.4, -0.2) is 33.9 Å². The Morgan fingerprint density at radius 2 is 2.00 bits per heavy atom. The van der Waals surface area contributed by atoms with Gasteiger partial charge in [0, 0.05) is 6.54 Å². The summed E-state index contributed by atoms with van der Waals surface area (Å²) in [6.07, 6.45) is -1.01. The molecule has 0 heterocycles. The van der Waals surface area contributed by atoms with E-state index in [-0.39, 0.29) is 12.6 Å². The minimum atomic E-state index is -1.01. The van der Waals surface area contributed by atoms with Gasteiger partial charge < -0.3 is 10.2 Å². The fraction of sp³-hybridized carbons (Fsp3) is 0.364. The van der Waals surface area contributed by atoms with Crippen molar-refractivity contribution in [3.63, 3.8) is 0 Å². The molecular formula is C11H15NO3. The highest BCUT2D eigenvalue weighted by atomic mass is 16.4. The van der Waals surface area contributed by atoms with Crippen molar-refractivity contribution in [1.29, 1.82) is 0 Å². The third kappa shape index (κ3) is 3.25. The molecule has 2 N–H and O–H groups in total. The summed E-state index contributed by atoms with van der Waals surface area (Å²) in [5.74, 6) is 0. The topological polar surface area (TPSA) is 60.8 Å². The van der Waals surface area contributed by atoms with Crippen molar-refractivity contribution in [3.05, 3.63) is 35.9 Å². The standard InChI is InChI=1S/C11H15NO3/c1-9(8-13)12(11(14)15)7-10-5-3-2-4-6-10/h2-6,9,13H,7-8H2,1H3,(H,14,15)/t9-/m0/s1. The van der Waals surface area contributed by atoms with Gasteiger partial charge in [-0.15, -0.1) is 0 Å². The second kappa shape index (κ2) is 5.36. The normalized spacial score (nSPS) is 12.1. The zero-order valence-corrected chi connectivity index (χ0v) is 8.63. The molecule has 0 radical (unpaired) electrons.